The minimum absolute atomic E-state index is 0.238. The van der Waals surface area contributed by atoms with Gasteiger partial charge in [-0.05, 0) is 0 Å². The summed E-state index contributed by atoms with van der Waals surface area (Å²) >= 11 is 0. The molecule has 25 N–H and O–H groups in total. The molecule has 0 spiro atoms. The van der Waals surface area contributed by atoms with Crippen molar-refractivity contribution in [1.29, 1.82) is 0 Å². The first kappa shape index (κ1) is 74.6. The quantitative estimate of drug-likeness (QED) is 0.0309. The van der Waals surface area contributed by atoms with Crippen LogP contribution >= 0.6 is 0 Å². The standard InChI is InChI=1S/C48H80N2O39/c1-13(58)50-23-37(86-44-34(73)40(28(67)19(7-54)80-44)89-48(46(76)77)3-16(60)25(64)39(88-48)27(66)18(62)6-53)29(68)22(11-79-47(45(74)75)2-15(59)24(63)38(87-47)26(65)17(61)5-52)83-41(23)84-35-21(9-56)82-43(33(72)31(35)70)85-36-20(8-55)81-42(32(71)30(36)69)78-10-14(4-51)49-12-57/h12,14-44,51-56,59-73H,2-11H2,1H3,(H,49,57)(H,50,58)(H,74,75)(H,76,77)/t14-,15+,16+,17-,18-,19-,20-,21-,22-,23-,24-,25-,26-,27-,28+,29+,30-,31-,32-,33-,34-,35+,36-,37-,38-,39-,40+,41+,42-,43+,44+,47-,48+/m1/s1. The van der Waals surface area contributed by atoms with Gasteiger partial charge in [0.2, 0.25) is 12.3 Å². The summed E-state index contributed by atoms with van der Waals surface area (Å²) in [6.07, 6.45) is -66.3. The van der Waals surface area contributed by atoms with E-state index < -0.39 is 285 Å². The Labute approximate surface area is 501 Å². The maximum Gasteiger partial charge on any atom is 0.364 e. The number of carboxylic acid groups (broad SMARTS) is 2. The van der Waals surface area contributed by atoms with Crippen LogP contribution in [0.3, 0.4) is 0 Å². The van der Waals surface area contributed by atoms with Crippen LogP contribution in [0.1, 0.15) is 19.8 Å². The Morgan fingerprint density at radius 3 is 1.45 bits per heavy atom. The zero-order valence-corrected chi connectivity index (χ0v) is 46.9. The Morgan fingerprint density at radius 2 is 0.966 bits per heavy atom. The second-order valence-corrected chi connectivity index (χ2v) is 21.9. The van der Waals surface area contributed by atoms with E-state index in [2.05, 4.69) is 10.6 Å². The molecule has 516 valence electrons. The Balaban J connectivity index is 1.35. The van der Waals surface area contributed by atoms with Crippen molar-refractivity contribution in [1.82, 2.24) is 10.6 Å². The van der Waals surface area contributed by atoms with Crippen LogP contribution in [0.4, 0.5) is 0 Å². The summed E-state index contributed by atoms with van der Waals surface area (Å²) in [7, 11) is 0. The average molecular weight is 1310 g/mol. The summed E-state index contributed by atoms with van der Waals surface area (Å²) in [5.41, 5.74) is 0. The van der Waals surface area contributed by atoms with Gasteiger partial charge in [-0.25, -0.2) is 9.59 Å². The minimum atomic E-state index is -3.34. The lowest BCUT2D eigenvalue weighted by molar-refractivity contribution is -0.393. The molecule has 6 aliphatic heterocycles. The lowest BCUT2D eigenvalue weighted by atomic mass is 9.90. The van der Waals surface area contributed by atoms with Gasteiger partial charge in [0.25, 0.3) is 11.6 Å². The van der Waals surface area contributed by atoms with Crippen molar-refractivity contribution < 1.29 is 193 Å². The lowest BCUT2D eigenvalue weighted by Gasteiger charge is -2.51. The summed E-state index contributed by atoms with van der Waals surface area (Å²) in [5, 5.41) is 251. The lowest BCUT2D eigenvalue weighted by Crippen LogP contribution is -2.71. The van der Waals surface area contributed by atoms with E-state index in [1.807, 2.05) is 0 Å². The van der Waals surface area contributed by atoms with Gasteiger partial charge in [0.05, 0.1) is 71.1 Å². The molecule has 6 fully saturated rings. The number of aliphatic hydroxyl groups is 21. The molecule has 6 aliphatic rings. The van der Waals surface area contributed by atoms with Crippen molar-refractivity contribution in [3.05, 3.63) is 0 Å². The number of aliphatic hydroxyl groups excluding tert-OH is 21. The topological polar surface area (TPSA) is 668 Å². The molecule has 89 heavy (non-hydrogen) atoms. The largest absolute Gasteiger partial charge is 0.477 e. The summed E-state index contributed by atoms with van der Waals surface area (Å²) in [6, 6.07) is -3.14. The van der Waals surface area contributed by atoms with Gasteiger partial charge in [-0.3, -0.25) is 9.59 Å². The Bertz CT molecular complexity index is 2250. The normalized spacial score (nSPS) is 44.7. The van der Waals surface area contributed by atoms with Gasteiger partial charge >= 0.3 is 11.9 Å². The van der Waals surface area contributed by atoms with Crippen molar-refractivity contribution in [3.8, 4) is 0 Å². The van der Waals surface area contributed by atoms with Gasteiger partial charge in [-0.15, -0.1) is 0 Å². The first-order valence-corrected chi connectivity index (χ1v) is 27.6. The third-order valence-corrected chi connectivity index (χ3v) is 15.7. The summed E-state index contributed by atoms with van der Waals surface area (Å²) in [4.78, 5) is 50.1. The number of aliphatic carboxylic acids is 2. The zero-order valence-electron chi connectivity index (χ0n) is 46.9. The molecule has 0 aromatic carbocycles. The number of ether oxygens (including phenoxy) is 12. The SMILES string of the molecule is CC(=O)N[C@H]1[C@H](O[C@@H]2[C@H](O)[C@@H](O)[C@H](O[C@H]3[C@H](O)[C@@H](O)[C@H](OC[C@@H](CO)NC=O)O[C@@H]3CO)O[C@@H]2CO)O[C@H](CO[C@]2(C(=O)O)C[C@H](O)[C@@H](O)[C@H]([C@H](O)[C@H](O)CO)O2)[C@H](O)[C@@H]1O[C@@H]1O[C@H](CO)[C@H](O)[C@H](O[C@]2(C(=O)O)C[C@H](O)[C@@H](O)[C@H]([C@H](O)[C@H](O)CO)O2)[C@H]1O. The number of hydrogen-bond acceptors (Lipinski definition) is 37. The van der Waals surface area contributed by atoms with Crippen molar-refractivity contribution >= 4 is 24.3 Å². The molecule has 0 aromatic heterocycles. The molecule has 33 atom stereocenters. The molecule has 0 bridgehead atoms. The average Bonchev–Trinajstić information content (AvgIpc) is 0.800. The third kappa shape index (κ3) is 16.4. The molecule has 0 radical (unpaired) electrons. The van der Waals surface area contributed by atoms with Crippen LogP contribution in [-0.2, 0) is 76.0 Å². The van der Waals surface area contributed by atoms with Crippen molar-refractivity contribution in [2.75, 3.05) is 52.9 Å². The highest BCUT2D eigenvalue weighted by atomic mass is 16.8. The Kier molecular flexibility index (Phi) is 26.9. The minimum Gasteiger partial charge on any atom is -0.477 e. The van der Waals surface area contributed by atoms with Gasteiger partial charge in [-0.1, -0.05) is 0 Å². The second kappa shape index (κ2) is 32.1. The highest BCUT2D eigenvalue weighted by Gasteiger charge is 2.62. The molecule has 6 saturated heterocycles. The van der Waals surface area contributed by atoms with E-state index in [0.29, 0.717) is 0 Å². The van der Waals surface area contributed by atoms with E-state index in [0.717, 1.165) is 6.92 Å². The molecule has 0 aliphatic carbocycles. The molecule has 0 saturated carbocycles. The number of hydrogen-bond donors (Lipinski definition) is 25. The molecular weight excluding hydrogens is 1230 g/mol. The molecule has 41 nitrogen and oxygen atoms in total. The molecular formula is C48H80N2O39. The summed E-state index contributed by atoms with van der Waals surface area (Å²) < 4.78 is 68.3. The predicted octanol–water partition coefficient (Wildman–Crippen LogP) is -16.4. The first-order chi connectivity index (χ1) is 41.9. The van der Waals surface area contributed by atoms with E-state index in [1.54, 1.807) is 0 Å². The van der Waals surface area contributed by atoms with Crippen LogP contribution in [0.25, 0.3) is 0 Å². The van der Waals surface area contributed by atoms with Crippen molar-refractivity contribution in [3.63, 3.8) is 0 Å². The molecule has 0 unspecified atom stereocenters. The second-order valence-electron chi connectivity index (χ2n) is 21.9. The Hall–Kier alpha value is -3.44. The monoisotopic (exact) mass is 1310 g/mol. The van der Waals surface area contributed by atoms with E-state index in [9.17, 15) is 137 Å². The van der Waals surface area contributed by atoms with E-state index in [4.69, 9.17) is 56.8 Å². The maximum absolute atomic E-state index is 13.1. The third-order valence-electron chi connectivity index (χ3n) is 15.7. The van der Waals surface area contributed by atoms with Crippen LogP contribution in [0.15, 0.2) is 0 Å². The van der Waals surface area contributed by atoms with Crippen LogP contribution in [0, 0.1) is 0 Å². The fraction of sp³-hybridized carbons (Fsp3) is 0.917. The fourth-order valence-corrected chi connectivity index (χ4v) is 10.7. The highest BCUT2D eigenvalue weighted by Crippen LogP contribution is 2.41. The Morgan fingerprint density at radius 1 is 0.528 bits per heavy atom. The highest BCUT2D eigenvalue weighted by molar-refractivity contribution is 5.76. The molecule has 2 amide bonds. The van der Waals surface area contributed by atoms with Crippen LogP contribution in [-0.4, -0.2) is 396 Å². The summed E-state index contributed by atoms with van der Waals surface area (Å²) in [5.74, 6) is -11.9. The zero-order chi connectivity index (χ0) is 66.3. The number of carbonyl (C=O) groups excluding carboxylic acids is 2. The van der Waals surface area contributed by atoms with E-state index in [-0.39, 0.29) is 6.41 Å². The molecule has 6 heterocycles. The number of amides is 2. The van der Waals surface area contributed by atoms with Gasteiger partial charge in [0.15, 0.2) is 25.2 Å². The smallest absolute Gasteiger partial charge is 0.364 e. The van der Waals surface area contributed by atoms with Crippen LogP contribution in [0.2, 0.25) is 0 Å². The maximum atomic E-state index is 13.1. The number of rotatable bonds is 29. The van der Waals surface area contributed by atoms with Gasteiger partial charge < -0.3 is 185 Å². The predicted molar refractivity (Wildman–Crippen MR) is 269 cm³/mol. The molecule has 41 heteroatoms. The van der Waals surface area contributed by atoms with Crippen LogP contribution < -0.4 is 10.6 Å². The van der Waals surface area contributed by atoms with Crippen molar-refractivity contribution in [2.24, 2.45) is 0 Å². The molecule has 6 rings (SSSR count). The van der Waals surface area contributed by atoms with Gasteiger partial charge in [0, 0.05) is 19.8 Å². The summed E-state index contributed by atoms with van der Waals surface area (Å²) in [6.45, 7) is -7.51. The van der Waals surface area contributed by atoms with Gasteiger partial charge in [-0.2, -0.15) is 0 Å². The van der Waals surface area contributed by atoms with Crippen molar-refractivity contribution in [2.45, 2.75) is 221 Å². The fourth-order valence-electron chi connectivity index (χ4n) is 10.7. The van der Waals surface area contributed by atoms with Crippen LogP contribution in [0.5, 0.6) is 0 Å². The van der Waals surface area contributed by atoms with E-state index in [1.165, 1.54) is 0 Å². The number of carbonyl (C=O) groups is 4. The van der Waals surface area contributed by atoms with Gasteiger partial charge in [0.1, 0.15) is 146 Å². The first-order valence-electron chi connectivity index (χ1n) is 27.6. The number of nitrogens with one attached hydrogen (secondary N) is 2. The molecule has 0 aromatic rings. The van der Waals surface area contributed by atoms with E-state index >= 15 is 0 Å². The number of carboxylic acids is 2.